The number of fused-ring (bicyclic) bond motifs is 6. The van der Waals surface area contributed by atoms with Crippen molar-refractivity contribution in [2.75, 3.05) is 4.90 Å². The molecule has 4 aliphatic rings. The monoisotopic (exact) mass is 456 g/mol. The number of carbonyl (C=O) groups is 2. The van der Waals surface area contributed by atoms with Crippen LogP contribution in [0.2, 0.25) is 0 Å². The number of thiophene rings is 1. The van der Waals surface area contributed by atoms with Gasteiger partial charge in [0, 0.05) is 35.0 Å². The lowest BCUT2D eigenvalue weighted by Gasteiger charge is -2.45. The van der Waals surface area contributed by atoms with Crippen LogP contribution in [0.4, 0.5) is 5.00 Å². The lowest BCUT2D eigenvalue weighted by atomic mass is 9.68. The number of nitrogens with zero attached hydrogens (tertiary/aromatic N) is 3. The van der Waals surface area contributed by atoms with Crippen LogP contribution in [-0.4, -0.2) is 16.7 Å². The van der Waals surface area contributed by atoms with Gasteiger partial charge in [0.05, 0.1) is 23.1 Å². The maximum atomic E-state index is 13.6. The molecule has 2 aliphatic heterocycles. The number of allylic oxidation sites excluding steroid dienone is 3. The molecule has 0 fully saturated rings. The van der Waals surface area contributed by atoms with Gasteiger partial charge < -0.3 is 5.32 Å². The lowest BCUT2D eigenvalue weighted by molar-refractivity contribution is -0.118. The molecule has 2 aromatic heterocycles. The first kappa shape index (κ1) is 20.4. The van der Waals surface area contributed by atoms with E-state index in [1.807, 2.05) is 17.0 Å². The highest BCUT2D eigenvalue weighted by Gasteiger charge is 2.48. The Morgan fingerprint density at radius 2 is 2.06 bits per heavy atom. The Bertz CT molecular complexity index is 1330. The van der Waals surface area contributed by atoms with Gasteiger partial charge >= 0.3 is 0 Å². The number of nitriles is 1. The minimum absolute atomic E-state index is 0.0710. The van der Waals surface area contributed by atoms with Crippen LogP contribution in [0.15, 0.2) is 47.2 Å². The largest absolute Gasteiger partial charge is 0.307 e. The van der Waals surface area contributed by atoms with Crippen molar-refractivity contribution >= 4 is 28.0 Å². The maximum Gasteiger partial charge on any atom is 0.260 e. The first-order valence-electron chi connectivity index (χ1n) is 11.5. The lowest BCUT2D eigenvalue weighted by Crippen LogP contribution is -2.47. The Labute approximate surface area is 196 Å². The smallest absolute Gasteiger partial charge is 0.260 e. The molecule has 2 aromatic rings. The van der Waals surface area contributed by atoms with Crippen LogP contribution in [0.3, 0.4) is 0 Å². The van der Waals surface area contributed by atoms with Crippen molar-refractivity contribution in [2.45, 2.75) is 58.3 Å². The molecular weight excluding hydrogens is 432 g/mol. The molecule has 6 rings (SSSR count). The summed E-state index contributed by atoms with van der Waals surface area (Å²) in [5.41, 5.74) is 4.47. The van der Waals surface area contributed by atoms with E-state index in [1.165, 1.54) is 4.88 Å². The Morgan fingerprint density at radius 3 is 2.82 bits per heavy atom. The molecule has 0 saturated heterocycles. The summed E-state index contributed by atoms with van der Waals surface area (Å²) < 4.78 is 0. The zero-order valence-electron chi connectivity index (χ0n) is 18.7. The number of Topliss-reactive ketones (excluding diaryl/α,β-unsaturated/α-hetero) is 1. The summed E-state index contributed by atoms with van der Waals surface area (Å²) >= 11 is 1.66. The second kappa shape index (κ2) is 7.13. The predicted octanol–water partition coefficient (Wildman–Crippen LogP) is 4.75. The third kappa shape index (κ3) is 2.94. The van der Waals surface area contributed by atoms with Gasteiger partial charge in [-0.1, -0.05) is 19.9 Å². The number of hydrogen-bond donors (Lipinski definition) is 1. The fourth-order valence-electron chi connectivity index (χ4n) is 5.82. The van der Waals surface area contributed by atoms with Crippen LogP contribution in [0, 0.1) is 16.7 Å². The Hall–Kier alpha value is -3.24. The SMILES string of the molecule is CC1(C)CC(=O)C2=C(C1)N1C(=C(C#N)[C@@H]2c2cccnc2)NC(=O)c2c1sc1c2CCCC1. The van der Waals surface area contributed by atoms with E-state index in [2.05, 4.69) is 30.2 Å². The van der Waals surface area contributed by atoms with Crippen molar-refractivity contribution in [2.24, 2.45) is 5.41 Å². The number of amides is 1. The Kier molecular flexibility index (Phi) is 4.40. The second-order valence-corrected chi connectivity index (χ2v) is 11.2. The highest BCUT2D eigenvalue weighted by Crippen LogP contribution is 2.54. The quantitative estimate of drug-likeness (QED) is 0.669. The first-order chi connectivity index (χ1) is 15.9. The third-order valence-corrected chi connectivity index (χ3v) is 8.45. The Morgan fingerprint density at radius 1 is 1.24 bits per heavy atom. The van der Waals surface area contributed by atoms with Gasteiger partial charge in [0.15, 0.2) is 5.78 Å². The summed E-state index contributed by atoms with van der Waals surface area (Å²) in [7, 11) is 0. The average Bonchev–Trinajstić information content (AvgIpc) is 3.18. The van der Waals surface area contributed by atoms with Crippen molar-refractivity contribution in [1.82, 2.24) is 10.3 Å². The molecule has 166 valence electrons. The maximum absolute atomic E-state index is 13.6. The van der Waals surface area contributed by atoms with E-state index in [0.29, 0.717) is 29.8 Å². The van der Waals surface area contributed by atoms with Gasteiger partial charge in [0.25, 0.3) is 5.91 Å². The molecule has 0 saturated carbocycles. The molecule has 0 spiro atoms. The standard InChI is InChI=1S/C26H24N4O2S/c1-26(2)10-17-22(18(31)11-26)20(14-6-5-9-28-13-14)16(12-27)23-29-24(32)21-15-7-3-4-8-19(15)33-25(21)30(17)23/h5-6,9,13,20H,3-4,7-8,10-11H2,1-2H3,(H,29,32)/t20-/m0/s1. The van der Waals surface area contributed by atoms with Crippen molar-refractivity contribution in [3.8, 4) is 6.07 Å². The van der Waals surface area contributed by atoms with Gasteiger partial charge in [-0.25, -0.2) is 0 Å². The molecule has 1 N–H and O–H groups in total. The summed E-state index contributed by atoms with van der Waals surface area (Å²) in [6, 6.07) is 6.08. The van der Waals surface area contributed by atoms with E-state index in [4.69, 9.17) is 0 Å². The number of nitrogens with one attached hydrogen (secondary N) is 1. The number of pyridine rings is 1. The molecule has 1 atom stereocenters. The zero-order valence-corrected chi connectivity index (χ0v) is 19.5. The van der Waals surface area contributed by atoms with Gasteiger partial charge in [-0.15, -0.1) is 11.3 Å². The molecule has 4 heterocycles. The van der Waals surface area contributed by atoms with Crippen molar-refractivity contribution in [3.05, 3.63) is 68.8 Å². The minimum Gasteiger partial charge on any atom is -0.307 e. The molecule has 0 radical (unpaired) electrons. The predicted molar refractivity (Wildman–Crippen MR) is 126 cm³/mol. The molecule has 33 heavy (non-hydrogen) atoms. The van der Waals surface area contributed by atoms with Crippen LogP contribution < -0.4 is 10.2 Å². The molecule has 0 unspecified atom stereocenters. The van der Waals surface area contributed by atoms with Gasteiger partial charge in [-0.3, -0.25) is 19.5 Å². The van der Waals surface area contributed by atoms with Gasteiger partial charge in [0.2, 0.25) is 0 Å². The molecule has 1 amide bonds. The highest BCUT2D eigenvalue weighted by molar-refractivity contribution is 7.17. The van der Waals surface area contributed by atoms with Crippen LogP contribution >= 0.6 is 11.3 Å². The summed E-state index contributed by atoms with van der Waals surface area (Å²) in [4.78, 5) is 34.5. The number of aryl methyl sites for hydroxylation is 1. The van der Waals surface area contributed by atoms with E-state index < -0.39 is 5.92 Å². The molecule has 6 nitrogen and oxygen atoms in total. The first-order valence-corrected chi connectivity index (χ1v) is 12.3. The molecule has 0 aromatic carbocycles. The van der Waals surface area contributed by atoms with E-state index in [-0.39, 0.29) is 17.1 Å². The van der Waals surface area contributed by atoms with Gasteiger partial charge in [-0.2, -0.15) is 5.26 Å². The number of carbonyl (C=O) groups excluding carboxylic acids is 2. The van der Waals surface area contributed by atoms with E-state index >= 15 is 0 Å². The van der Waals surface area contributed by atoms with Crippen molar-refractivity contribution in [1.29, 1.82) is 5.26 Å². The number of aromatic nitrogens is 1. The number of rotatable bonds is 1. The van der Waals surface area contributed by atoms with Gasteiger partial charge in [0.1, 0.15) is 10.8 Å². The van der Waals surface area contributed by atoms with E-state index in [0.717, 1.165) is 53.1 Å². The topological polar surface area (TPSA) is 86.1 Å². The minimum atomic E-state index is -0.523. The number of anilines is 1. The summed E-state index contributed by atoms with van der Waals surface area (Å²) in [6.45, 7) is 4.22. The van der Waals surface area contributed by atoms with E-state index in [1.54, 1.807) is 23.7 Å². The summed E-state index contributed by atoms with van der Waals surface area (Å²) in [5, 5.41) is 14.2. The summed E-state index contributed by atoms with van der Waals surface area (Å²) in [5.74, 6) is -0.0860. The third-order valence-electron chi connectivity index (χ3n) is 7.18. The number of ketones is 1. The average molecular weight is 457 g/mol. The van der Waals surface area contributed by atoms with Gasteiger partial charge in [-0.05, 0) is 54.7 Å². The van der Waals surface area contributed by atoms with Crippen molar-refractivity contribution < 1.29 is 9.59 Å². The second-order valence-electron chi connectivity index (χ2n) is 10.1. The normalized spacial score (nSPS) is 23.3. The fourth-order valence-corrected chi connectivity index (χ4v) is 7.24. The van der Waals surface area contributed by atoms with Crippen LogP contribution in [0.5, 0.6) is 0 Å². The molecule has 2 aliphatic carbocycles. The van der Waals surface area contributed by atoms with Crippen LogP contribution in [0.1, 0.15) is 71.8 Å². The fraction of sp³-hybridized carbons (Fsp3) is 0.385. The summed E-state index contributed by atoms with van der Waals surface area (Å²) in [6.07, 6.45) is 8.63. The molecule has 0 bridgehead atoms. The molecular formula is C26H24N4O2S. The zero-order chi connectivity index (χ0) is 22.9. The highest BCUT2D eigenvalue weighted by atomic mass is 32.1. The van der Waals surface area contributed by atoms with Crippen molar-refractivity contribution in [3.63, 3.8) is 0 Å². The van der Waals surface area contributed by atoms with Crippen LogP contribution in [0.25, 0.3) is 0 Å². The van der Waals surface area contributed by atoms with E-state index in [9.17, 15) is 14.9 Å². The van der Waals surface area contributed by atoms with Crippen LogP contribution in [-0.2, 0) is 17.6 Å². The number of hydrogen-bond acceptors (Lipinski definition) is 6. The Balaban J connectivity index is 1.65. The molecule has 7 heteroatoms.